The second-order valence-corrected chi connectivity index (χ2v) is 7.43. The Labute approximate surface area is 132 Å². The van der Waals surface area contributed by atoms with Crippen molar-refractivity contribution in [3.63, 3.8) is 0 Å². The molecule has 0 aliphatic heterocycles. The number of hydrogen-bond donors (Lipinski definition) is 0. The topological polar surface area (TPSA) is 54.5 Å². The molecule has 0 saturated heterocycles. The lowest BCUT2D eigenvalue weighted by atomic mass is 10.2. The summed E-state index contributed by atoms with van der Waals surface area (Å²) < 4.78 is 59.9. The van der Waals surface area contributed by atoms with E-state index in [1.54, 1.807) is 0 Å². The molecule has 0 spiro atoms. The smallest absolute Gasteiger partial charge is 0.330 e. The number of rotatable bonds is 4. The average molecular weight is 409 g/mol. The van der Waals surface area contributed by atoms with Gasteiger partial charge >= 0.3 is 6.18 Å². The van der Waals surface area contributed by atoms with E-state index in [1.165, 1.54) is 13.0 Å². The summed E-state index contributed by atoms with van der Waals surface area (Å²) in [6.07, 6.45) is -4.55. The van der Waals surface area contributed by atoms with Gasteiger partial charge in [-0.15, -0.1) is 0 Å². The maximum absolute atomic E-state index is 12.4. The molecule has 0 radical (unpaired) electrons. The van der Waals surface area contributed by atoms with Crippen LogP contribution in [-0.4, -0.2) is 38.5 Å². The number of alkyl halides is 3. The van der Waals surface area contributed by atoms with E-state index in [0.29, 0.717) is 4.90 Å². The van der Waals surface area contributed by atoms with Crippen LogP contribution in [0.25, 0.3) is 0 Å². The SMILES string of the molecule is CCN(CC(F)(F)F)C(=O)c1cc(S(=O)(=O)Cl)ccc1Br. The van der Waals surface area contributed by atoms with Crippen LogP contribution < -0.4 is 0 Å². The first-order valence-corrected chi connectivity index (χ1v) is 8.66. The summed E-state index contributed by atoms with van der Waals surface area (Å²) in [5, 5.41) is 0. The van der Waals surface area contributed by atoms with Crippen LogP contribution in [0.4, 0.5) is 13.2 Å². The summed E-state index contributed by atoms with van der Waals surface area (Å²) >= 11 is 3.01. The van der Waals surface area contributed by atoms with E-state index in [0.717, 1.165) is 12.1 Å². The first kappa shape index (κ1) is 18.2. The van der Waals surface area contributed by atoms with Gasteiger partial charge in [0.2, 0.25) is 0 Å². The summed E-state index contributed by atoms with van der Waals surface area (Å²) in [5.41, 5.74) is -0.206. The molecule has 1 aromatic carbocycles. The maximum atomic E-state index is 12.4. The zero-order valence-corrected chi connectivity index (χ0v) is 13.8. The van der Waals surface area contributed by atoms with Crippen molar-refractivity contribution >= 4 is 41.6 Å². The van der Waals surface area contributed by atoms with Gasteiger partial charge in [-0.05, 0) is 41.1 Å². The normalized spacial score (nSPS) is 12.3. The van der Waals surface area contributed by atoms with Crippen molar-refractivity contribution in [2.45, 2.75) is 18.0 Å². The standard InChI is InChI=1S/C11H10BrClF3NO3S/c1-2-17(6-11(14,15)16)10(18)8-5-7(21(13,19)20)3-4-9(8)12/h3-5H,2,6H2,1H3. The molecule has 4 nitrogen and oxygen atoms in total. The Bertz CT molecular complexity index is 649. The van der Waals surface area contributed by atoms with Gasteiger partial charge in [-0.3, -0.25) is 4.79 Å². The Morgan fingerprint density at radius 3 is 2.38 bits per heavy atom. The quantitative estimate of drug-likeness (QED) is 0.718. The second kappa shape index (κ2) is 6.53. The van der Waals surface area contributed by atoms with Gasteiger partial charge in [-0.25, -0.2) is 8.42 Å². The van der Waals surface area contributed by atoms with Gasteiger partial charge in [0.15, 0.2) is 0 Å². The lowest BCUT2D eigenvalue weighted by molar-refractivity contribution is -0.140. The van der Waals surface area contributed by atoms with E-state index in [4.69, 9.17) is 10.7 Å². The van der Waals surface area contributed by atoms with Crippen molar-refractivity contribution in [1.29, 1.82) is 0 Å². The van der Waals surface area contributed by atoms with Crippen LogP contribution in [0.2, 0.25) is 0 Å². The van der Waals surface area contributed by atoms with Crippen LogP contribution in [0.5, 0.6) is 0 Å². The number of carbonyl (C=O) groups excluding carboxylic acids is 1. The molecule has 0 fully saturated rings. The van der Waals surface area contributed by atoms with Crippen molar-refractivity contribution in [2.75, 3.05) is 13.1 Å². The average Bonchev–Trinajstić information content (AvgIpc) is 2.33. The fraction of sp³-hybridized carbons (Fsp3) is 0.364. The van der Waals surface area contributed by atoms with Crippen molar-refractivity contribution in [2.24, 2.45) is 0 Å². The number of amides is 1. The second-order valence-electron chi connectivity index (χ2n) is 4.01. The van der Waals surface area contributed by atoms with Crippen LogP contribution in [-0.2, 0) is 9.05 Å². The third kappa shape index (κ3) is 5.15. The predicted octanol–water partition coefficient (Wildman–Crippen LogP) is 3.40. The number of hydrogen-bond acceptors (Lipinski definition) is 3. The minimum atomic E-state index is -4.55. The molecule has 118 valence electrons. The number of nitrogens with zero attached hydrogens (tertiary/aromatic N) is 1. The van der Waals surface area contributed by atoms with Crippen LogP contribution in [0.1, 0.15) is 17.3 Å². The van der Waals surface area contributed by atoms with Crippen molar-refractivity contribution in [1.82, 2.24) is 4.90 Å². The summed E-state index contributed by atoms with van der Waals surface area (Å²) in [6, 6.07) is 3.32. The zero-order chi connectivity index (χ0) is 16.4. The summed E-state index contributed by atoms with van der Waals surface area (Å²) in [4.78, 5) is 12.3. The lowest BCUT2D eigenvalue weighted by Crippen LogP contribution is -2.39. The Kier molecular flexibility index (Phi) is 5.68. The Morgan fingerprint density at radius 1 is 1.38 bits per heavy atom. The molecule has 0 N–H and O–H groups in total. The van der Waals surface area contributed by atoms with Gasteiger partial charge in [-0.1, -0.05) is 0 Å². The van der Waals surface area contributed by atoms with Crippen molar-refractivity contribution in [3.05, 3.63) is 28.2 Å². The molecule has 0 atom stereocenters. The van der Waals surface area contributed by atoms with E-state index < -0.39 is 27.7 Å². The van der Waals surface area contributed by atoms with Gasteiger partial charge in [0.25, 0.3) is 15.0 Å². The molecule has 0 bridgehead atoms. The molecule has 0 aliphatic rings. The molecular weight excluding hydrogens is 399 g/mol. The summed E-state index contributed by atoms with van der Waals surface area (Å²) in [5.74, 6) is -0.941. The Morgan fingerprint density at radius 2 is 1.95 bits per heavy atom. The van der Waals surface area contributed by atoms with Crippen LogP contribution in [0.15, 0.2) is 27.6 Å². The van der Waals surface area contributed by atoms with Gasteiger partial charge < -0.3 is 4.90 Å². The van der Waals surface area contributed by atoms with E-state index in [2.05, 4.69) is 15.9 Å². The summed E-state index contributed by atoms with van der Waals surface area (Å²) in [7, 11) is 1.07. The maximum Gasteiger partial charge on any atom is 0.406 e. The first-order valence-electron chi connectivity index (χ1n) is 5.56. The Balaban J connectivity index is 3.22. The number of carbonyl (C=O) groups is 1. The first-order chi connectivity index (χ1) is 9.45. The van der Waals surface area contributed by atoms with Crippen molar-refractivity contribution in [3.8, 4) is 0 Å². The van der Waals surface area contributed by atoms with Crippen LogP contribution in [0.3, 0.4) is 0 Å². The van der Waals surface area contributed by atoms with Crippen LogP contribution >= 0.6 is 26.6 Å². The molecule has 0 aromatic heterocycles. The molecule has 0 saturated carbocycles. The van der Waals surface area contributed by atoms with E-state index >= 15 is 0 Å². The molecule has 10 heteroatoms. The Hall–Kier alpha value is -0.800. The largest absolute Gasteiger partial charge is 0.406 e. The van der Waals surface area contributed by atoms with Gasteiger partial charge in [0.1, 0.15) is 6.54 Å². The fourth-order valence-electron chi connectivity index (χ4n) is 1.53. The fourth-order valence-corrected chi connectivity index (χ4v) is 2.73. The van der Waals surface area contributed by atoms with E-state index in [1.807, 2.05) is 0 Å². The minimum absolute atomic E-state index is 0.178. The van der Waals surface area contributed by atoms with Gasteiger partial charge in [-0.2, -0.15) is 13.2 Å². The lowest BCUT2D eigenvalue weighted by Gasteiger charge is -2.23. The predicted molar refractivity (Wildman–Crippen MR) is 74.8 cm³/mol. The highest BCUT2D eigenvalue weighted by molar-refractivity contribution is 9.10. The monoisotopic (exact) mass is 407 g/mol. The van der Waals surface area contributed by atoms with Crippen LogP contribution in [0, 0.1) is 0 Å². The third-order valence-corrected chi connectivity index (χ3v) is 4.53. The molecule has 1 aromatic rings. The minimum Gasteiger partial charge on any atom is -0.330 e. The highest BCUT2D eigenvalue weighted by atomic mass is 79.9. The molecule has 1 amide bonds. The number of halogens is 5. The molecule has 21 heavy (non-hydrogen) atoms. The highest BCUT2D eigenvalue weighted by Crippen LogP contribution is 2.25. The third-order valence-electron chi connectivity index (χ3n) is 2.49. The molecular formula is C11H10BrClF3NO3S. The zero-order valence-electron chi connectivity index (χ0n) is 10.6. The van der Waals surface area contributed by atoms with Crippen molar-refractivity contribution < 1.29 is 26.4 Å². The van der Waals surface area contributed by atoms with E-state index in [-0.39, 0.29) is 21.5 Å². The molecule has 1 rings (SSSR count). The summed E-state index contributed by atoms with van der Waals surface area (Å²) in [6.45, 7) is -0.213. The molecule has 0 heterocycles. The number of benzene rings is 1. The molecule has 0 unspecified atom stereocenters. The van der Waals surface area contributed by atoms with Gasteiger partial charge in [0, 0.05) is 21.7 Å². The van der Waals surface area contributed by atoms with Gasteiger partial charge in [0.05, 0.1) is 10.5 Å². The molecule has 0 aliphatic carbocycles. The highest BCUT2D eigenvalue weighted by Gasteiger charge is 2.33. The van der Waals surface area contributed by atoms with E-state index in [9.17, 15) is 26.4 Å².